The lowest BCUT2D eigenvalue weighted by Gasteiger charge is -2.33. The Morgan fingerprint density at radius 3 is 2.78 bits per heavy atom. The summed E-state index contributed by atoms with van der Waals surface area (Å²) in [5.74, 6) is 1.29. The molecule has 0 saturated carbocycles. The highest BCUT2D eigenvalue weighted by molar-refractivity contribution is 7.16. The third-order valence-corrected chi connectivity index (χ3v) is 8.00. The third-order valence-electron chi connectivity index (χ3n) is 6.84. The molecule has 170 valence electrons. The van der Waals surface area contributed by atoms with E-state index in [-0.39, 0.29) is 11.3 Å². The van der Waals surface area contributed by atoms with E-state index in [1.807, 2.05) is 18.3 Å². The topological polar surface area (TPSA) is 59.5 Å². The third kappa shape index (κ3) is 4.46. The molecule has 1 amide bonds. The van der Waals surface area contributed by atoms with E-state index in [1.54, 1.807) is 17.6 Å². The van der Waals surface area contributed by atoms with Gasteiger partial charge in [0.25, 0.3) is 5.91 Å². The van der Waals surface area contributed by atoms with Crippen molar-refractivity contribution in [3.05, 3.63) is 63.2 Å². The first kappa shape index (κ1) is 22.6. The van der Waals surface area contributed by atoms with Gasteiger partial charge in [-0.3, -0.25) is 4.79 Å². The summed E-state index contributed by atoms with van der Waals surface area (Å²) in [5.41, 5.74) is 5.63. The number of hydrogen-bond donors (Lipinski definition) is 1. The summed E-state index contributed by atoms with van der Waals surface area (Å²) >= 11 is 1.68. The van der Waals surface area contributed by atoms with Crippen molar-refractivity contribution in [2.45, 2.75) is 60.4 Å². The average molecular weight is 452 g/mol. The molecule has 3 aromatic heterocycles. The minimum absolute atomic E-state index is 0.0683. The predicted molar refractivity (Wildman–Crippen MR) is 131 cm³/mol. The zero-order valence-corrected chi connectivity index (χ0v) is 20.7. The normalized spacial score (nSPS) is 16.5. The van der Waals surface area contributed by atoms with Gasteiger partial charge in [0.1, 0.15) is 10.8 Å². The number of nitrogens with zero attached hydrogens (tertiary/aromatic N) is 2. The first-order valence-corrected chi connectivity index (χ1v) is 12.1. The van der Waals surface area contributed by atoms with Crippen LogP contribution in [0.2, 0.25) is 0 Å². The number of nitrogens with one attached hydrogen (secondary N) is 1. The molecule has 5 nitrogen and oxygen atoms in total. The number of aliphatic imine (C=N–C) groups is 1. The lowest BCUT2D eigenvalue weighted by Crippen LogP contribution is -2.28. The molecule has 0 aliphatic heterocycles. The van der Waals surface area contributed by atoms with Crippen LogP contribution in [0.1, 0.15) is 70.7 Å². The summed E-state index contributed by atoms with van der Waals surface area (Å²) in [6.45, 7) is 11.5. The molecule has 0 unspecified atom stereocenters. The van der Waals surface area contributed by atoms with E-state index < -0.39 is 0 Å². The molecule has 0 saturated heterocycles. The van der Waals surface area contributed by atoms with Gasteiger partial charge in [0.05, 0.1) is 18.4 Å². The summed E-state index contributed by atoms with van der Waals surface area (Å²) in [6.07, 6.45) is 6.58. The zero-order valence-electron chi connectivity index (χ0n) is 19.9. The molecule has 0 radical (unpaired) electrons. The van der Waals surface area contributed by atoms with Gasteiger partial charge >= 0.3 is 0 Å². The molecular weight excluding hydrogens is 418 g/mol. The molecule has 6 heteroatoms. The Bertz CT molecular complexity index is 1140. The van der Waals surface area contributed by atoms with Crippen LogP contribution >= 0.6 is 11.3 Å². The molecule has 1 aliphatic carbocycles. The fourth-order valence-corrected chi connectivity index (χ4v) is 5.72. The standard InChI is InChI=1S/C26H33N3O2S/c1-16-12-18(17(2)29(16)6)14-28-25-23(24(30)27-15-20-8-7-11-31-20)21-10-9-19(26(3,4)5)13-22(21)32-25/h7-8,11-12,14,19H,9-10,13,15H2,1-6H3,(H,27,30)/t19-/m0/s1. The Kier molecular flexibility index (Phi) is 6.17. The lowest BCUT2D eigenvalue weighted by molar-refractivity contribution is 0.0947. The molecule has 4 rings (SSSR count). The van der Waals surface area contributed by atoms with Crippen LogP contribution in [0.5, 0.6) is 0 Å². The maximum Gasteiger partial charge on any atom is 0.255 e. The Balaban J connectivity index is 1.67. The number of carbonyl (C=O) groups excluding carboxylic acids is 1. The minimum Gasteiger partial charge on any atom is -0.467 e. The first-order chi connectivity index (χ1) is 15.1. The smallest absolute Gasteiger partial charge is 0.255 e. The first-order valence-electron chi connectivity index (χ1n) is 11.3. The van der Waals surface area contributed by atoms with E-state index in [2.05, 4.69) is 57.6 Å². The van der Waals surface area contributed by atoms with Crippen molar-refractivity contribution in [3.8, 4) is 0 Å². The summed E-state index contributed by atoms with van der Waals surface area (Å²) < 4.78 is 7.54. The highest BCUT2D eigenvalue weighted by Gasteiger charge is 2.33. The predicted octanol–water partition coefficient (Wildman–Crippen LogP) is 6.13. The van der Waals surface area contributed by atoms with Crippen LogP contribution in [-0.4, -0.2) is 16.7 Å². The molecule has 1 aliphatic rings. The summed E-state index contributed by atoms with van der Waals surface area (Å²) in [4.78, 5) is 19.4. The highest BCUT2D eigenvalue weighted by atomic mass is 32.1. The maximum atomic E-state index is 13.3. The van der Waals surface area contributed by atoms with Gasteiger partial charge in [0.2, 0.25) is 0 Å². The number of hydrogen-bond acceptors (Lipinski definition) is 4. The highest BCUT2D eigenvalue weighted by Crippen LogP contribution is 2.45. The Hall–Kier alpha value is -2.60. The van der Waals surface area contributed by atoms with Crippen LogP contribution in [0, 0.1) is 25.2 Å². The van der Waals surface area contributed by atoms with Gasteiger partial charge in [-0.2, -0.15) is 0 Å². The Labute approximate surface area is 194 Å². The van der Waals surface area contributed by atoms with Crippen LogP contribution in [0.3, 0.4) is 0 Å². The monoisotopic (exact) mass is 451 g/mol. The van der Waals surface area contributed by atoms with E-state index in [0.717, 1.165) is 41.2 Å². The van der Waals surface area contributed by atoms with Gasteiger partial charge in [-0.25, -0.2) is 4.99 Å². The van der Waals surface area contributed by atoms with Crippen LogP contribution in [0.15, 0.2) is 33.9 Å². The number of aromatic nitrogens is 1. The molecule has 3 heterocycles. The number of thiophene rings is 1. The van der Waals surface area contributed by atoms with Crippen molar-refractivity contribution in [1.82, 2.24) is 9.88 Å². The van der Waals surface area contributed by atoms with Gasteiger partial charge in [-0.05, 0) is 68.2 Å². The number of furan rings is 1. The van der Waals surface area contributed by atoms with Crippen LogP contribution in [0.25, 0.3) is 0 Å². The van der Waals surface area contributed by atoms with Gasteiger partial charge < -0.3 is 14.3 Å². The molecule has 32 heavy (non-hydrogen) atoms. The molecule has 1 atom stereocenters. The number of fused-ring (bicyclic) bond motifs is 1. The fourth-order valence-electron chi connectivity index (χ4n) is 4.45. The Morgan fingerprint density at radius 1 is 1.38 bits per heavy atom. The van der Waals surface area contributed by atoms with Gasteiger partial charge in [-0.15, -0.1) is 11.3 Å². The second-order valence-electron chi connectivity index (χ2n) is 9.90. The number of amides is 1. The lowest BCUT2D eigenvalue weighted by atomic mass is 9.72. The van der Waals surface area contributed by atoms with E-state index in [1.165, 1.54) is 21.8 Å². The quantitative estimate of drug-likeness (QED) is 0.475. The van der Waals surface area contributed by atoms with Crippen molar-refractivity contribution in [2.75, 3.05) is 0 Å². The van der Waals surface area contributed by atoms with Crippen molar-refractivity contribution < 1.29 is 9.21 Å². The molecule has 0 spiro atoms. The fraction of sp³-hybridized carbons (Fsp3) is 0.462. The van der Waals surface area contributed by atoms with Crippen molar-refractivity contribution >= 4 is 28.5 Å². The largest absolute Gasteiger partial charge is 0.467 e. The summed E-state index contributed by atoms with van der Waals surface area (Å²) in [5, 5.41) is 3.85. The van der Waals surface area contributed by atoms with Crippen molar-refractivity contribution in [2.24, 2.45) is 23.4 Å². The second-order valence-corrected chi connectivity index (χ2v) is 11.0. The molecule has 3 aromatic rings. The van der Waals surface area contributed by atoms with E-state index in [9.17, 15) is 4.79 Å². The molecule has 1 N–H and O–H groups in total. The molecular formula is C26H33N3O2S. The zero-order chi connectivity index (χ0) is 23.0. The second kappa shape index (κ2) is 8.74. The van der Waals surface area contributed by atoms with Crippen LogP contribution in [-0.2, 0) is 26.4 Å². The molecule has 0 bridgehead atoms. The average Bonchev–Trinajstić information content (AvgIpc) is 3.44. The maximum absolute atomic E-state index is 13.3. The number of aryl methyl sites for hydroxylation is 1. The van der Waals surface area contributed by atoms with E-state index in [4.69, 9.17) is 9.41 Å². The minimum atomic E-state index is -0.0683. The van der Waals surface area contributed by atoms with E-state index >= 15 is 0 Å². The van der Waals surface area contributed by atoms with Gasteiger partial charge in [-0.1, -0.05) is 20.8 Å². The van der Waals surface area contributed by atoms with Gasteiger partial charge in [0.15, 0.2) is 0 Å². The SMILES string of the molecule is Cc1cc(C=Nc2sc3c(c2C(=O)NCc2ccco2)CC[C@H](C(C)(C)C)C3)c(C)n1C. The molecule has 0 fully saturated rings. The van der Waals surface area contributed by atoms with Gasteiger partial charge in [0, 0.05) is 35.1 Å². The number of carbonyl (C=O) groups is 1. The Morgan fingerprint density at radius 2 is 2.16 bits per heavy atom. The summed E-state index contributed by atoms with van der Waals surface area (Å²) in [7, 11) is 2.06. The molecule has 0 aromatic carbocycles. The van der Waals surface area contributed by atoms with Crippen molar-refractivity contribution in [1.29, 1.82) is 0 Å². The van der Waals surface area contributed by atoms with Crippen LogP contribution < -0.4 is 5.32 Å². The summed E-state index contributed by atoms with van der Waals surface area (Å²) in [6, 6.07) is 5.84. The van der Waals surface area contributed by atoms with Crippen LogP contribution in [0.4, 0.5) is 5.00 Å². The van der Waals surface area contributed by atoms with Crippen molar-refractivity contribution in [3.63, 3.8) is 0 Å². The number of rotatable bonds is 5. The van der Waals surface area contributed by atoms with E-state index in [0.29, 0.717) is 12.5 Å².